The lowest BCUT2D eigenvalue weighted by Gasteiger charge is -2.06. The lowest BCUT2D eigenvalue weighted by atomic mass is 9.98. The molecule has 0 fully saturated rings. The van der Waals surface area contributed by atoms with Crippen LogP contribution in [0, 0.1) is 10.1 Å². The second kappa shape index (κ2) is 5.33. The Hall–Kier alpha value is -2.43. The van der Waals surface area contributed by atoms with Crippen molar-refractivity contribution in [1.82, 2.24) is 0 Å². The maximum Gasteiger partial charge on any atom is 0.278 e. The van der Waals surface area contributed by atoms with Crippen LogP contribution in [-0.2, 0) is 0 Å². The summed E-state index contributed by atoms with van der Waals surface area (Å²) in [5.74, 6) is 0. The zero-order valence-electron chi connectivity index (χ0n) is 11.8. The van der Waals surface area contributed by atoms with Crippen molar-refractivity contribution in [2.45, 2.75) is 0 Å². The van der Waals surface area contributed by atoms with Crippen LogP contribution in [0.5, 0.6) is 0 Å². The Morgan fingerprint density at radius 3 is 2.52 bits per heavy atom. The van der Waals surface area contributed by atoms with Crippen LogP contribution in [0.15, 0.2) is 60.7 Å². The Morgan fingerprint density at radius 1 is 0.913 bits per heavy atom. The molecule has 4 rings (SSSR count). The maximum atomic E-state index is 11.4. The van der Waals surface area contributed by atoms with Crippen LogP contribution >= 0.6 is 22.9 Å². The Bertz CT molecular complexity index is 1070. The molecule has 0 radical (unpaired) electrons. The molecule has 0 aliphatic heterocycles. The largest absolute Gasteiger partial charge is 0.278 e. The van der Waals surface area contributed by atoms with Gasteiger partial charge in [0.2, 0.25) is 0 Å². The van der Waals surface area contributed by atoms with Crippen molar-refractivity contribution in [1.29, 1.82) is 0 Å². The van der Waals surface area contributed by atoms with Crippen LogP contribution in [0.4, 0.5) is 5.69 Å². The maximum absolute atomic E-state index is 11.4. The fourth-order valence-electron chi connectivity index (χ4n) is 2.88. The highest BCUT2D eigenvalue weighted by molar-refractivity contribution is 7.25. The van der Waals surface area contributed by atoms with Crippen LogP contribution in [-0.4, -0.2) is 4.92 Å². The van der Waals surface area contributed by atoms with Crippen LogP contribution < -0.4 is 0 Å². The van der Waals surface area contributed by atoms with Gasteiger partial charge in [0.15, 0.2) is 0 Å². The van der Waals surface area contributed by atoms with E-state index in [2.05, 4.69) is 12.1 Å². The predicted molar refractivity (Wildman–Crippen MR) is 96.4 cm³/mol. The van der Waals surface area contributed by atoms with Crippen LogP contribution in [0.2, 0.25) is 5.02 Å². The third-order valence-electron chi connectivity index (χ3n) is 3.85. The Morgan fingerprint density at radius 2 is 1.70 bits per heavy atom. The van der Waals surface area contributed by atoms with E-state index in [1.54, 1.807) is 23.5 Å². The molecule has 3 nitrogen and oxygen atoms in total. The van der Waals surface area contributed by atoms with Gasteiger partial charge in [0.05, 0.1) is 10.5 Å². The molecular weight excluding hydrogens is 330 g/mol. The van der Waals surface area contributed by atoms with E-state index in [1.807, 2.05) is 30.3 Å². The van der Waals surface area contributed by atoms with Crippen molar-refractivity contribution in [2.75, 3.05) is 0 Å². The van der Waals surface area contributed by atoms with Crippen molar-refractivity contribution < 1.29 is 4.92 Å². The second-order valence-electron chi connectivity index (χ2n) is 5.20. The molecule has 0 atom stereocenters. The lowest BCUT2D eigenvalue weighted by molar-refractivity contribution is -0.384. The number of benzene rings is 3. The summed E-state index contributed by atoms with van der Waals surface area (Å²) in [5.41, 5.74) is 1.48. The average molecular weight is 340 g/mol. The average Bonchev–Trinajstić information content (AvgIpc) is 2.93. The monoisotopic (exact) mass is 339 g/mol. The minimum absolute atomic E-state index is 0.0280. The molecular formula is C18H10ClNO2S. The van der Waals surface area contributed by atoms with Gasteiger partial charge in [0.1, 0.15) is 0 Å². The quantitative estimate of drug-likeness (QED) is 0.318. The van der Waals surface area contributed by atoms with Crippen molar-refractivity contribution in [3.8, 4) is 11.1 Å². The fourth-order valence-corrected chi connectivity index (χ4v) is 4.18. The fraction of sp³-hybridized carbons (Fsp3) is 0. The topological polar surface area (TPSA) is 43.1 Å². The highest BCUT2D eigenvalue weighted by Crippen LogP contribution is 2.42. The number of hydrogen-bond donors (Lipinski definition) is 0. The molecule has 1 aromatic heterocycles. The number of rotatable bonds is 2. The predicted octanol–water partition coefficient (Wildman–Crippen LogP) is 6.28. The van der Waals surface area contributed by atoms with E-state index in [0.717, 1.165) is 21.0 Å². The number of hydrogen-bond acceptors (Lipinski definition) is 3. The molecule has 5 heteroatoms. The Labute approximate surface area is 140 Å². The van der Waals surface area contributed by atoms with Gasteiger partial charge in [-0.2, -0.15) is 0 Å². The first-order chi connectivity index (χ1) is 11.1. The van der Waals surface area contributed by atoms with E-state index >= 15 is 0 Å². The standard InChI is InChI=1S/C18H10ClNO2S/c19-11-8-9-12(15(10-11)20(21)22)13-5-3-7-17-18(13)14-4-1-2-6-16(14)23-17/h1-10H. The van der Waals surface area contributed by atoms with E-state index < -0.39 is 0 Å². The molecule has 0 aliphatic rings. The molecule has 1 heterocycles. The van der Waals surface area contributed by atoms with Gasteiger partial charge in [-0.1, -0.05) is 41.9 Å². The normalized spacial score (nSPS) is 11.2. The molecule has 0 N–H and O–H groups in total. The minimum Gasteiger partial charge on any atom is -0.258 e. The lowest BCUT2D eigenvalue weighted by Crippen LogP contribution is -1.92. The Kier molecular flexibility index (Phi) is 3.29. The van der Waals surface area contributed by atoms with Crippen molar-refractivity contribution >= 4 is 48.8 Å². The van der Waals surface area contributed by atoms with Crippen molar-refractivity contribution in [3.63, 3.8) is 0 Å². The summed E-state index contributed by atoms with van der Waals surface area (Å²) in [4.78, 5) is 11.1. The van der Waals surface area contributed by atoms with Crippen molar-refractivity contribution in [3.05, 3.63) is 75.8 Å². The molecule has 0 amide bonds. The van der Waals surface area contributed by atoms with Gasteiger partial charge in [-0.15, -0.1) is 11.3 Å². The Balaban J connectivity index is 2.13. The summed E-state index contributed by atoms with van der Waals surface area (Å²) in [6, 6.07) is 18.8. The number of halogens is 1. The molecule has 0 saturated heterocycles. The van der Waals surface area contributed by atoms with Gasteiger partial charge in [-0.3, -0.25) is 10.1 Å². The molecule has 23 heavy (non-hydrogen) atoms. The smallest absolute Gasteiger partial charge is 0.258 e. The highest BCUT2D eigenvalue weighted by Gasteiger charge is 2.19. The van der Waals surface area contributed by atoms with Gasteiger partial charge in [-0.25, -0.2) is 0 Å². The highest BCUT2D eigenvalue weighted by atomic mass is 35.5. The number of fused-ring (bicyclic) bond motifs is 3. The van der Waals surface area contributed by atoms with Crippen molar-refractivity contribution in [2.24, 2.45) is 0 Å². The molecule has 4 aromatic rings. The number of nitrogens with zero attached hydrogens (tertiary/aromatic N) is 1. The van der Waals surface area contributed by atoms with E-state index in [0.29, 0.717) is 10.6 Å². The van der Waals surface area contributed by atoms with E-state index in [4.69, 9.17) is 11.6 Å². The molecule has 112 valence electrons. The molecule has 0 saturated carbocycles. The van der Waals surface area contributed by atoms with Gasteiger partial charge >= 0.3 is 0 Å². The summed E-state index contributed by atoms with van der Waals surface area (Å²) in [6.45, 7) is 0. The van der Waals surface area contributed by atoms with Gasteiger partial charge in [-0.05, 0) is 29.8 Å². The van der Waals surface area contributed by atoms with Gasteiger partial charge < -0.3 is 0 Å². The van der Waals surface area contributed by atoms with Crippen LogP contribution in [0.25, 0.3) is 31.3 Å². The van der Waals surface area contributed by atoms with E-state index in [9.17, 15) is 10.1 Å². The summed E-state index contributed by atoms with van der Waals surface area (Å²) in [5, 5.41) is 14.0. The summed E-state index contributed by atoms with van der Waals surface area (Å²) < 4.78 is 2.29. The minimum atomic E-state index is -0.380. The van der Waals surface area contributed by atoms with E-state index in [-0.39, 0.29) is 10.6 Å². The van der Waals surface area contributed by atoms with E-state index in [1.165, 1.54) is 10.8 Å². The molecule has 0 aliphatic carbocycles. The zero-order valence-corrected chi connectivity index (χ0v) is 13.4. The number of thiophene rings is 1. The first-order valence-electron chi connectivity index (χ1n) is 7.00. The third-order valence-corrected chi connectivity index (χ3v) is 5.22. The first-order valence-corrected chi connectivity index (χ1v) is 8.19. The molecule has 0 spiro atoms. The summed E-state index contributed by atoms with van der Waals surface area (Å²) in [6.07, 6.45) is 0. The van der Waals surface area contributed by atoms with Gasteiger partial charge in [0.25, 0.3) is 5.69 Å². The summed E-state index contributed by atoms with van der Waals surface area (Å²) in [7, 11) is 0. The third kappa shape index (κ3) is 2.27. The van der Waals surface area contributed by atoms with Crippen LogP contribution in [0.1, 0.15) is 0 Å². The van der Waals surface area contributed by atoms with Gasteiger partial charge in [0, 0.05) is 31.3 Å². The number of nitro groups is 1. The van der Waals surface area contributed by atoms with Crippen LogP contribution in [0.3, 0.4) is 0 Å². The molecule has 0 bridgehead atoms. The first kappa shape index (κ1) is 14.2. The zero-order chi connectivity index (χ0) is 16.0. The summed E-state index contributed by atoms with van der Waals surface area (Å²) >= 11 is 7.63. The second-order valence-corrected chi connectivity index (χ2v) is 6.72. The number of nitro benzene ring substituents is 1. The molecule has 3 aromatic carbocycles. The molecule has 0 unspecified atom stereocenters. The SMILES string of the molecule is O=[N+]([O-])c1cc(Cl)ccc1-c1cccc2sc3ccccc3c12.